The number of nitrogens with one attached hydrogen (secondary N) is 1. The second-order valence-corrected chi connectivity index (χ2v) is 7.20. The van der Waals surface area contributed by atoms with E-state index in [-0.39, 0.29) is 29.2 Å². The molecule has 0 spiro atoms. The van der Waals surface area contributed by atoms with Crippen LogP contribution in [0.25, 0.3) is 10.9 Å². The van der Waals surface area contributed by atoms with E-state index in [9.17, 15) is 14.7 Å². The number of hydrogen-bond donors (Lipinski definition) is 2. The molecule has 1 aromatic heterocycles. The van der Waals surface area contributed by atoms with Crippen molar-refractivity contribution in [2.24, 2.45) is 11.8 Å². The third-order valence-corrected chi connectivity index (χ3v) is 4.45. The number of fused-ring (bicyclic) bond motifs is 2. The van der Waals surface area contributed by atoms with E-state index in [4.69, 9.17) is 0 Å². The van der Waals surface area contributed by atoms with Gasteiger partial charge in [-0.1, -0.05) is 33.8 Å². The number of aromatic nitrogens is 2. The first-order valence-corrected chi connectivity index (χ1v) is 8.35. The lowest BCUT2D eigenvalue weighted by atomic mass is 9.95. The summed E-state index contributed by atoms with van der Waals surface area (Å²) in [7, 11) is 0. The van der Waals surface area contributed by atoms with Crippen molar-refractivity contribution in [2.75, 3.05) is 0 Å². The minimum atomic E-state index is -0.588. The zero-order valence-electron chi connectivity index (χ0n) is 14.4. The molecule has 0 radical (unpaired) electrons. The molecule has 1 aliphatic rings. The van der Waals surface area contributed by atoms with Gasteiger partial charge in [-0.25, -0.2) is 4.98 Å². The van der Waals surface area contributed by atoms with Crippen molar-refractivity contribution in [3.63, 3.8) is 0 Å². The van der Waals surface area contributed by atoms with Crippen molar-refractivity contribution in [1.29, 1.82) is 0 Å². The summed E-state index contributed by atoms with van der Waals surface area (Å²) < 4.78 is 1.53. The van der Waals surface area contributed by atoms with Gasteiger partial charge in [-0.05, 0) is 30.4 Å². The van der Waals surface area contributed by atoms with Crippen molar-refractivity contribution in [2.45, 2.75) is 46.2 Å². The molecule has 2 N–H and O–H groups in total. The molecule has 1 amide bonds. The lowest BCUT2D eigenvalue weighted by Crippen LogP contribution is -2.49. The lowest BCUT2D eigenvalue weighted by Gasteiger charge is -2.35. The first-order chi connectivity index (χ1) is 11.3. The molecule has 6 heteroatoms. The summed E-state index contributed by atoms with van der Waals surface area (Å²) >= 11 is 0. The van der Waals surface area contributed by atoms with E-state index >= 15 is 0 Å². The number of rotatable bonds is 3. The summed E-state index contributed by atoms with van der Waals surface area (Å²) in [6, 6.07) is 3.86. The quantitative estimate of drug-likeness (QED) is 0.906. The summed E-state index contributed by atoms with van der Waals surface area (Å²) in [6.45, 7) is 7.94. The van der Waals surface area contributed by atoms with Crippen molar-refractivity contribution in [1.82, 2.24) is 14.9 Å². The van der Waals surface area contributed by atoms with Gasteiger partial charge in [0, 0.05) is 0 Å². The Kier molecular flexibility index (Phi) is 4.07. The molecule has 128 valence electrons. The van der Waals surface area contributed by atoms with Gasteiger partial charge in [-0.2, -0.15) is 0 Å². The molecule has 0 fully saturated rings. The largest absolute Gasteiger partial charge is 0.506 e. The molecule has 24 heavy (non-hydrogen) atoms. The molecular formula is C18H23N3O3. The minimum absolute atomic E-state index is 0.0192. The number of carbonyl (C=O) groups is 1. The summed E-state index contributed by atoms with van der Waals surface area (Å²) in [6.07, 6.45) is 0.683. The Morgan fingerprint density at radius 3 is 2.58 bits per heavy atom. The van der Waals surface area contributed by atoms with Gasteiger partial charge in [-0.3, -0.25) is 14.2 Å². The van der Waals surface area contributed by atoms with Crippen molar-refractivity contribution in [3.8, 4) is 5.75 Å². The maximum absolute atomic E-state index is 13.0. The smallest absolute Gasteiger partial charge is 0.262 e. The van der Waals surface area contributed by atoms with Gasteiger partial charge in [0.2, 0.25) is 5.91 Å². The number of aromatic hydroxyl groups is 1. The van der Waals surface area contributed by atoms with Crippen LogP contribution < -0.4 is 10.9 Å². The van der Waals surface area contributed by atoms with Crippen LogP contribution in [0.4, 0.5) is 0 Å². The Morgan fingerprint density at radius 1 is 1.25 bits per heavy atom. The van der Waals surface area contributed by atoms with Gasteiger partial charge >= 0.3 is 0 Å². The fourth-order valence-corrected chi connectivity index (χ4v) is 3.41. The third kappa shape index (κ3) is 2.56. The number of amides is 1. The average molecular weight is 329 g/mol. The molecule has 0 aliphatic carbocycles. The van der Waals surface area contributed by atoms with Crippen LogP contribution >= 0.6 is 0 Å². The average Bonchev–Trinajstić information content (AvgIpc) is 2.48. The molecule has 1 aromatic carbocycles. The van der Waals surface area contributed by atoms with Crippen molar-refractivity contribution in [3.05, 3.63) is 34.4 Å². The normalized spacial score (nSPS) is 20.5. The molecule has 2 atom stereocenters. The fourth-order valence-electron chi connectivity index (χ4n) is 3.41. The number of para-hydroxylation sites is 1. The molecule has 0 saturated carbocycles. The molecular weight excluding hydrogens is 306 g/mol. The summed E-state index contributed by atoms with van der Waals surface area (Å²) in [5, 5.41) is 13.4. The SMILES string of the molecule is CC(C)C[C@@H]1NC(=O)[C@H](C(C)C)n2c1nc1c(O)cccc1c2=O. The highest BCUT2D eigenvalue weighted by Gasteiger charge is 2.37. The zero-order chi connectivity index (χ0) is 17.6. The number of hydrogen-bond acceptors (Lipinski definition) is 4. The zero-order valence-corrected chi connectivity index (χ0v) is 14.4. The second-order valence-electron chi connectivity index (χ2n) is 7.20. The monoisotopic (exact) mass is 329 g/mol. The van der Waals surface area contributed by atoms with Crippen LogP contribution in [0.15, 0.2) is 23.0 Å². The summed E-state index contributed by atoms with van der Waals surface area (Å²) in [5.74, 6) is 0.649. The Bertz CT molecular complexity index is 854. The Hall–Kier alpha value is -2.37. The highest BCUT2D eigenvalue weighted by Crippen LogP contribution is 2.32. The third-order valence-electron chi connectivity index (χ3n) is 4.45. The van der Waals surface area contributed by atoms with Crippen LogP contribution in [-0.2, 0) is 4.79 Å². The summed E-state index contributed by atoms with van der Waals surface area (Å²) in [5.41, 5.74) is 0.0226. The topological polar surface area (TPSA) is 84.2 Å². The highest BCUT2D eigenvalue weighted by atomic mass is 16.3. The molecule has 0 bridgehead atoms. The van der Waals surface area contributed by atoms with Crippen LogP contribution in [0.5, 0.6) is 5.75 Å². The van der Waals surface area contributed by atoms with Gasteiger partial charge in [0.1, 0.15) is 23.1 Å². The maximum atomic E-state index is 13.0. The Morgan fingerprint density at radius 2 is 1.96 bits per heavy atom. The van der Waals surface area contributed by atoms with Crippen LogP contribution in [0, 0.1) is 11.8 Å². The van der Waals surface area contributed by atoms with Crippen molar-refractivity contribution >= 4 is 16.8 Å². The number of phenols is 1. The molecule has 0 unspecified atom stereocenters. The van der Waals surface area contributed by atoms with Gasteiger partial charge in [0.15, 0.2) is 0 Å². The van der Waals surface area contributed by atoms with E-state index < -0.39 is 6.04 Å². The molecule has 3 rings (SSSR count). The number of benzene rings is 1. The van der Waals surface area contributed by atoms with E-state index in [1.165, 1.54) is 10.6 Å². The predicted molar refractivity (Wildman–Crippen MR) is 91.9 cm³/mol. The standard InChI is InChI=1S/C18H23N3O3/c1-9(2)8-12-16-20-14-11(6-5-7-13(14)22)18(24)21(16)15(10(3)4)17(23)19-12/h5-7,9-10,12,15,22H,8H2,1-4H3,(H,19,23)/t12-,15-/m0/s1. The van der Waals surface area contributed by atoms with Crippen LogP contribution in [0.2, 0.25) is 0 Å². The van der Waals surface area contributed by atoms with E-state index in [0.717, 1.165) is 0 Å². The fraction of sp³-hybridized carbons (Fsp3) is 0.500. The lowest BCUT2D eigenvalue weighted by molar-refractivity contribution is -0.128. The second kappa shape index (κ2) is 5.92. The summed E-state index contributed by atoms with van der Waals surface area (Å²) in [4.78, 5) is 30.2. The van der Waals surface area contributed by atoms with E-state index in [2.05, 4.69) is 24.1 Å². The molecule has 2 heterocycles. The Balaban J connectivity index is 2.34. The van der Waals surface area contributed by atoms with Crippen molar-refractivity contribution < 1.29 is 9.90 Å². The number of nitrogens with zero attached hydrogens (tertiary/aromatic N) is 2. The van der Waals surface area contributed by atoms with E-state index in [1.807, 2.05) is 13.8 Å². The maximum Gasteiger partial charge on any atom is 0.262 e. The number of phenolic OH excluding ortho intramolecular Hbond substituents is 1. The molecule has 1 aliphatic heterocycles. The molecule has 2 aromatic rings. The van der Waals surface area contributed by atoms with E-state index in [1.54, 1.807) is 12.1 Å². The Labute approximate surface area is 140 Å². The van der Waals surface area contributed by atoms with Gasteiger partial charge in [0.05, 0.1) is 11.4 Å². The molecule has 0 saturated heterocycles. The first kappa shape index (κ1) is 16.5. The number of carbonyl (C=O) groups excluding carboxylic acids is 1. The molecule has 6 nitrogen and oxygen atoms in total. The highest BCUT2D eigenvalue weighted by molar-refractivity contribution is 5.86. The van der Waals surface area contributed by atoms with Crippen LogP contribution in [0.3, 0.4) is 0 Å². The van der Waals surface area contributed by atoms with Gasteiger partial charge in [-0.15, -0.1) is 0 Å². The predicted octanol–water partition coefficient (Wildman–Crippen LogP) is 2.52. The van der Waals surface area contributed by atoms with E-state index in [0.29, 0.717) is 29.1 Å². The van der Waals surface area contributed by atoms with Gasteiger partial charge in [0.25, 0.3) is 5.56 Å². The first-order valence-electron chi connectivity index (χ1n) is 8.35. The van der Waals surface area contributed by atoms with Gasteiger partial charge < -0.3 is 10.4 Å². The van der Waals surface area contributed by atoms with Crippen LogP contribution in [-0.4, -0.2) is 20.6 Å². The van der Waals surface area contributed by atoms with Crippen LogP contribution in [0.1, 0.15) is 52.0 Å². The minimum Gasteiger partial charge on any atom is -0.506 e.